The Labute approximate surface area is 107 Å². The van der Waals surface area contributed by atoms with Gasteiger partial charge in [0.05, 0.1) is 0 Å². The van der Waals surface area contributed by atoms with Gasteiger partial charge in [-0.3, -0.25) is 0 Å². The van der Waals surface area contributed by atoms with Crippen LogP contribution in [0.15, 0.2) is 18.3 Å². The smallest absolute Gasteiger partial charge is 0.159 e. The molecule has 2 aromatic heterocycles. The SMILES string of the molecule is CCCn1c(CC2(N)CCC2)nc2cccnc21. The number of hydrogen-bond donors (Lipinski definition) is 1. The van der Waals surface area contributed by atoms with Crippen molar-refractivity contribution in [2.45, 2.75) is 51.1 Å². The average Bonchev–Trinajstić information content (AvgIpc) is 2.66. The Morgan fingerprint density at radius 2 is 2.28 bits per heavy atom. The van der Waals surface area contributed by atoms with Crippen molar-refractivity contribution in [3.63, 3.8) is 0 Å². The molecule has 1 aliphatic carbocycles. The Morgan fingerprint density at radius 3 is 2.94 bits per heavy atom. The van der Waals surface area contributed by atoms with Gasteiger partial charge < -0.3 is 10.3 Å². The highest BCUT2D eigenvalue weighted by Gasteiger charge is 2.34. The Balaban J connectivity index is 2.01. The summed E-state index contributed by atoms with van der Waals surface area (Å²) in [7, 11) is 0. The van der Waals surface area contributed by atoms with Crippen molar-refractivity contribution in [2.24, 2.45) is 5.73 Å². The van der Waals surface area contributed by atoms with E-state index >= 15 is 0 Å². The van der Waals surface area contributed by atoms with Gasteiger partial charge in [0.15, 0.2) is 5.65 Å². The van der Waals surface area contributed by atoms with Crippen molar-refractivity contribution in [3.05, 3.63) is 24.2 Å². The quantitative estimate of drug-likeness (QED) is 0.897. The molecule has 0 radical (unpaired) electrons. The third-order valence-corrected chi connectivity index (χ3v) is 3.89. The van der Waals surface area contributed by atoms with Crippen molar-refractivity contribution in [3.8, 4) is 0 Å². The lowest BCUT2D eigenvalue weighted by Crippen LogP contribution is -2.48. The fourth-order valence-corrected chi connectivity index (χ4v) is 2.72. The lowest BCUT2D eigenvalue weighted by molar-refractivity contribution is 0.241. The molecule has 3 rings (SSSR count). The van der Waals surface area contributed by atoms with E-state index in [1.165, 1.54) is 6.42 Å². The van der Waals surface area contributed by atoms with E-state index in [0.717, 1.165) is 49.2 Å². The summed E-state index contributed by atoms with van der Waals surface area (Å²) in [6, 6.07) is 3.97. The number of nitrogens with zero attached hydrogens (tertiary/aromatic N) is 3. The lowest BCUT2D eigenvalue weighted by atomic mass is 9.75. The van der Waals surface area contributed by atoms with Gasteiger partial charge in [0, 0.05) is 24.7 Å². The van der Waals surface area contributed by atoms with Crippen LogP contribution in [0.2, 0.25) is 0 Å². The van der Waals surface area contributed by atoms with Gasteiger partial charge in [0.1, 0.15) is 11.3 Å². The van der Waals surface area contributed by atoms with Gasteiger partial charge in [-0.15, -0.1) is 0 Å². The molecule has 1 aliphatic rings. The molecule has 0 atom stereocenters. The maximum atomic E-state index is 6.35. The lowest BCUT2D eigenvalue weighted by Gasteiger charge is -2.37. The van der Waals surface area contributed by atoms with Gasteiger partial charge in [-0.2, -0.15) is 0 Å². The van der Waals surface area contributed by atoms with Crippen LogP contribution in [-0.4, -0.2) is 20.1 Å². The highest BCUT2D eigenvalue weighted by molar-refractivity contribution is 5.71. The molecule has 0 bridgehead atoms. The van der Waals surface area contributed by atoms with Gasteiger partial charge in [-0.1, -0.05) is 6.92 Å². The first kappa shape index (κ1) is 11.7. The highest BCUT2D eigenvalue weighted by atomic mass is 15.1. The molecule has 96 valence electrons. The number of rotatable bonds is 4. The zero-order valence-corrected chi connectivity index (χ0v) is 10.9. The fourth-order valence-electron chi connectivity index (χ4n) is 2.72. The van der Waals surface area contributed by atoms with Crippen molar-refractivity contribution in [1.29, 1.82) is 0 Å². The summed E-state index contributed by atoms with van der Waals surface area (Å²) in [5.41, 5.74) is 8.31. The molecule has 1 fully saturated rings. The summed E-state index contributed by atoms with van der Waals surface area (Å²) in [5.74, 6) is 1.10. The fraction of sp³-hybridized carbons (Fsp3) is 0.571. The van der Waals surface area contributed by atoms with Crippen molar-refractivity contribution < 1.29 is 0 Å². The van der Waals surface area contributed by atoms with Crippen LogP contribution in [0.5, 0.6) is 0 Å². The van der Waals surface area contributed by atoms with Gasteiger partial charge in [-0.25, -0.2) is 9.97 Å². The Kier molecular flexibility index (Phi) is 2.82. The molecule has 2 N–H and O–H groups in total. The number of pyridine rings is 1. The van der Waals surface area contributed by atoms with E-state index in [2.05, 4.69) is 16.5 Å². The van der Waals surface area contributed by atoms with E-state index < -0.39 is 0 Å². The molecule has 0 aliphatic heterocycles. The predicted octanol–water partition coefficient (Wildman–Crippen LogP) is 2.27. The molecule has 1 saturated carbocycles. The maximum absolute atomic E-state index is 6.35. The van der Waals surface area contributed by atoms with Crippen LogP contribution >= 0.6 is 0 Å². The minimum absolute atomic E-state index is 0.0210. The van der Waals surface area contributed by atoms with E-state index in [-0.39, 0.29) is 5.54 Å². The third kappa shape index (κ3) is 1.90. The number of aromatic nitrogens is 3. The van der Waals surface area contributed by atoms with Crippen molar-refractivity contribution in [1.82, 2.24) is 14.5 Å². The number of imidazole rings is 1. The summed E-state index contributed by atoms with van der Waals surface area (Å²) >= 11 is 0. The van der Waals surface area contributed by atoms with Gasteiger partial charge in [0.25, 0.3) is 0 Å². The summed E-state index contributed by atoms with van der Waals surface area (Å²) in [5, 5.41) is 0. The zero-order valence-electron chi connectivity index (χ0n) is 10.9. The Hall–Kier alpha value is -1.42. The van der Waals surface area contributed by atoms with Crippen LogP contribution in [0.3, 0.4) is 0 Å². The second-order valence-corrected chi connectivity index (χ2v) is 5.42. The Bertz CT molecular complexity index is 554. The van der Waals surface area contributed by atoms with Crippen LogP contribution in [0.25, 0.3) is 11.2 Å². The molecular weight excluding hydrogens is 224 g/mol. The van der Waals surface area contributed by atoms with Gasteiger partial charge in [0.2, 0.25) is 0 Å². The topological polar surface area (TPSA) is 56.7 Å². The minimum atomic E-state index is -0.0210. The van der Waals surface area contributed by atoms with Crippen LogP contribution in [0.4, 0.5) is 0 Å². The van der Waals surface area contributed by atoms with Crippen LogP contribution in [0.1, 0.15) is 38.4 Å². The first-order valence-electron chi connectivity index (χ1n) is 6.81. The standard InChI is InChI=1S/C14H20N4/c1-2-9-18-12(10-14(15)6-4-7-14)17-11-5-3-8-16-13(11)18/h3,5,8H,2,4,6-7,9-10,15H2,1H3. The maximum Gasteiger partial charge on any atom is 0.159 e. The molecular formula is C14H20N4. The van der Waals surface area contributed by atoms with E-state index in [0.29, 0.717) is 0 Å². The van der Waals surface area contributed by atoms with Gasteiger partial charge >= 0.3 is 0 Å². The number of fused-ring (bicyclic) bond motifs is 1. The van der Waals surface area contributed by atoms with Crippen LogP contribution in [0, 0.1) is 0 Å². The molecule has 0 unspecified atom stereocenters. The first-order chi connectivity index (χ1) is 8.72. The summed E-state index contributed by atoms with van der Waals surface area (Å²) < 4.78 is 2.24. The summed E-state index contributed by atoms with van der Waals surface area (Å²) in [6.07, 6.45) is 7.30. The monoisotopic (exact) mass is 244 g/mol. The molecule has 4 heteroatoms. The predicted molar refractivity (Wildman–Crippen MR) is 72.3 cm³/mol. The highest BCUT2D eigenvalue weighted by Crippen LogP contribution is 2.32. The largest absolute Gasteiger partial charge is 0.325 e. The zero-order chi connectivity index (χ0) is 12.6. The molecule has 0 saturated heterocycles. The normalized spacial score (nSPS) is 17.9. The third-order valence-electron chi connectivity index (χ3n) is 3.89. The van der Waals surface area contributed by atoms with E-state index in [1.807, 2.05) is 18.3 Å². The van der Waals surface area contributed by atoms with E-state index in [1.54, 1.807) is 0 Å². The second-order valence-electron chi connectivity index (χ2n) is 5.42. The molecule has 2 heterocycles. The average molecular weight is 244 g/mol. The Morgan fingerprint density at radius 1 is 1.44 bits per heavy atom. The molecule has 0 amide bonds. The summed E-state index contributed by atoms with van der Waals surface area (Å²) in [6.45, 7) is 3.15. The summed E-state index contributed by atoms with van der Waals surface area (Å²) in [4.78, 5) is 9.17. The molecule has 0 aromatic carbocycles. The minimum Gasteiger partial charge on any atom is -0.325 e. The van der Waals surface area contributed by atoms with Crippen molar-refractivity contribution >= 4 is 11.2 Å². The molecule has 2 aromatic rings. The first-order valence-corrected chi connectivity index (χ1v) is 6.81. The molecule has 18 heavy (non-hydrogen) atoms. The van der Waals surface area contributed by atoms with E-state index in [4.69, 9.17) is 10.7 Å². The number of aryl methyl sites for hydroxylation is 1. The van der Waals surface area contributed by atoms with Crippen LogP contribution in [-0.2, 0) is 13.0 Å². The van der Waals surface area contributed by atoms with Gasteiger partial charge in [-0.05, 0) is 37.8 Å². The number of hydrogen-bond acceptors (Lipinski definition) is 3. The number of nitrogens with two attached hydrogens (primary N) is 1. The van der Waals surface area contributed by atoms with Crippen molar-refractivity contribution in [2.75, 3.05) is 0 Å². The van der Waals surface area contributed by atoms with E-state index in [9.17, 15) is 0 Å². The second kappa shape index (κ2) is 4.35. The van der Waals surface area contributed by atoms with Crippen LogP contribution < -0.4 is 5.73 Å². The molecule has 4 nitrogen and oxygen atoms in total. The molecule has 0 spiro atoms.